The van der Waals surface area contributed by atoms with Gasteiger partial charge in [0.25, 0.3) is 0 Å². The fourth-order valence-electron chi connectivity index (χ4n) is 2.43. The molecule has 1 aliphatic rings. The van der Waals surface area contributed by atoms with Gasteiger partial charge < -0.3 is 9.84 Å². The molecule has 1 unspecified atom stereocenters. The van der Waals surface area contributed by atoms with Crippen LogP contribution in [-0.2, 0) is 0 Å². The SMILES string of the molecule is COc1c(C2=CC(O)CCC2)ccc(C)c1C. The van der Waals surface area contributed by atoms with Crippen molar-refractivity contribution in [3.63, 3.8) is 0 Å². The summed E-state index contributed by atoms with van der Waals surface area (Å²) < 4.78 is 5.52. The Hall–Kier alpha value is -1.28. The Morgan fingerprint density at radius 2 is 2.06 bits per heavy atom. The number of aryl methyl sites for hydroxylation is 1. The van der Waals surface area contributed by atoms with E-state index in [9.17, 15) is 5.11 Å². The van der Waals surface area contributed by atoms with Crippen LogP contribution in [0.1, 0.15) is 36.0 Å². The molecule has 0 aliphatic heterocycles. The van der Waals surface area contributed by atoms with Crippen molar-refractivity contribution in [1.29, 1.82) is 0 Å². The van der Waals surface area contributed by atoms with Gasteiger partial charge in [-0.3, -0.25) is 0 Å². The van der Waals surface area contributed by atoms with Crippen LogP contribution < -0.4 is 4.74 Å². The molecule has 92 valence electrons. The van der Waals surface area contributed by atoms with Gasteiger partial charge in [0.2, 0.25) is 0 Å². The van der Waals surface area contributed by atoms with E-state index in [2.05, 4.69) is 26.0 Å². The predicted molar refractivity (Wildman–Crippen MR) is 70.3 cm³/mol. The lowest BCUT2D eigenvalue weighted by Crippen LogP contribution is -2.09. The molecule has 0 saturated heterocycles. The average Bonchev–Trinajstić information content (AvgIpc) is 2.32. The number of benzene rings is 1. The predicted octanol–water partition coefficient (Wildman–Crippen LogP) is 3.24. The largest absolute Gasteiger partial charge is 0.496 e. The van der Waals surface area contributed by atoms with Gasteiger partial charge in [0.15, 0.2) is 0 Å². The first-order valence-electron chi connectivity index (χ1n) is 6.17. The third kappa shape index (κ3) is 2.37. The number of aliphatic hydroxyl groups excluding tert-OH is 1. The van der Waals surface area contributed by atoms with E-state index < -0.39 is 0 Å². The number of ether oxygens (including phenoxy) is 1. The molecule has 1 atom stereocenters. The molecule has 17 heavy (non-hydrogen) atoms. The van der Waals surface area contributed by atoms with Crippen LogP contribution >= 0.6 is 0 Å². The van der Waals surface area contributed by atoms with E-state index in [1.807, 2.05) is 6.08 Å². The van der Waals surface area contributed by atoms with Crippen LogP contribution in [0.3, 0.4) is 0 Å². The van der Waals surface area contributed by atoms with Gasteiger partial charge in [0.05, 0.1) is 13.2 Å². The lowest BCUT2D eigenvalue weighted by Gasteiger charge is -2.20. The molecule has 0 radical (unpaired) electrons. The summed E-state index contributed by atoms with van der Waals surface area (Å²) in [7, 11) is 1.71. The van der Waals surface area contributed by atoms with Crippen molar-refractivity contribution in [2.75, 3.05) is 7.11 Å². The lowest BCUT2D eigenvalue weighted by molar-refractivity contribution is 0.206. The van der Waals surface area contributed by atoms with E-state index in [0.29, 0.717) is 0 Å². The van der Waals surface area contributed by atoms with Crippen LogP contribution in [0.2, 0.25) is 0 Å². The zero-order valence-corrected chi connectivity index (χ0v) is 10.8. The Kier molecular flexibility index (Phi) is 3.53. The van der Waals surface area contributed by atoms with Gasteiger partial charge in [-0.05, 0) is 49.8 Å². The lowest BCUT2D eigenvalue weighted by atomic mass is 9.90. The Labute approximate surface area is 103 Å². The smallest absolute Gasteiger partial charge is 0.129 e. The van der Waals surface area contributed by atoms with Gasteiger partial charge in [-0.1, -0.05) is 18.2 Å². The number of hydrogen-bond donors (Lipinski definition) is 1. The number of allylic oxidation sites excluding steroid dienone is 1. The Bertz CT molecular complexity index is 446. The van der Waals surface area contributed by atoms with Gasteiger partial charge >= 0.3 is 0 Å². The van der Waals surface area contributed by atoms with Crippen molar-refractivity contribution in [2.24, 2.45) is 0 Å². The first-order chi connectivity index (χ1) is 8.13. The maximum absolute atomic E-state index is 9.71. The van der Waals surface area contributed by atoms with Crippen molar-refractivity contribution in [3.05, 3.63) is 34.9 Å². The highest BCUT2D eigenvalue weighted by molar-refractivity contribution is 5.73. The summed E-state index contributed by atoms with van der Waals surface area (Å²) in [4.78, 5) is 0. The first kappa shape index (κ1) is 12.2. The van der Waals surface area contributed by atoms with Crippen molar-refractivity contribution in [3.8, 4) is 5.75 Å². The Balaban J connectivity index is 2.48. The van der Waals surface area contributed by atoms with Crippen LogP contribution in [0.15, 0.2) is 18.2 Å². The molecule has 1 aliphatic carbocycles. The number of rotatable bonds is 2. The highest BCUT2D eigenvalue weighted by atomic mass is 16.5. The fraction of sp³-hybridized carbons (Fsp3) is 0.467. The highest BCUT2D eigenvalue weighted by Crippen LogP contribution is 2.36. The van der Waals surface area contributed by atoms with Crippen molar-refractivity contribution in [1.82, 2.24) is 0 Å². The molecular formula is C15H20O2. The van der Waals surface area contributed by atoms with Crippen molar-refractivity contribution >= 4 is 5.57 Å². The third-order valence-corrected chi connectivity index (χ3v) is 3.57. The topological polar surface area (TPSA) is 29.5 Å². The summed E-state index contributed by atoms with van der Waals surface area (Å²) in [5.74, 6) is 0.949. The summed E-state index contributed by atoms with van der Waals surface area (Å²) in [6.07, 6.45) is 4.61. The van der Waals surface area contributed by atoms with E-state index >= 15 is 0 Å². The number of aliphatic hydroxyl groups is 1. The van der Waals surface area contributed by atoms with E-state index in [1.54, 1.807) is 7.11 Å². The zero-order valence-electron chi connectivity index (χ0n) is 10.8. The molecule has 0 amide bonds. The summed E-state index contributed by atoms with van der Waals surface area (Å²) in [6.45, 7) is 4.17. The van der Waals surface area contributed by atoms with Crippen molar-refractivity contribution < 1.29 is 9.84 Å². The zero-order chi connectivity index (χ0) is 12.4. The van der Waals surface area contributed by atoms with Gasteiger partial charge in [-0.2, -0.15) is 0 Å². The van der Waals surface area contributed by atoms with Crippen LogP contribution in [0.4, 0.5) is 0 Å². The van der Waals surface area contributed by atoms with Gasteiger partial charge in [0, 0.05) is 5.56 Å². The molecule has 0 bridgehead atoms. The molecule has 0 saturated carbocycles. The monoisotopic (exact) mass is 232 g/mol. The molecular weight excluding hydrogens is 212 g/mol. The Morgan fingerprint density at radius 3 is 2.71 bits per heavy atom. The van der Waals surface area contributed by atoms with E-state index in [-0.39, 0.29) is 6.10 Å². The normalized spacial score (nSPS) is 20.0. The van der Waals surface area contributed by atoms with Crippen LogP contribution in [0.5, 0.6) is 5.75 Å². The standard InChI is InChI=1S/C15H20O2/c1-10-7-8-14(15(17-3)11(10)2)12-5-4-6-13(16)9-12/h7-9,13,16H,4-6H2,1-3H3. The Morgan fingerprint density at radius 1 is 1.29 bits per heavy atom. The molecule has 0 spiro atoms. The van der Waals surface area contributed by atoms with E-state index in [0.717, 1.165) is 30.6 Å². The highest BCUT2D eigenvalue weighted by Gasteiger charge is 2.17. The summed E-state index contributed by atoms with van der Waals surface area (Å²) in [6, 6.07) is 4.22. The van der Waals surface area contributed by atoms with E-state index in [1.165, 1.54) is 16.7 Å². The molecule has 0 aromatic heterocycles. The number of methoxy groups -OCH3 is 1. The van der Waals surface area contributed by atoms with Gasteiger partial charge in [0.1, 0.15) is 5.75 Å². The summed E-state index contributed by atoms with van der Waals surface area (Å²) in [5, 5.41) is 9.71. The molecule has 2 rings (SSSR count). The van der Waals surface area contributed by atoms with Crippen molar-refractivity contribution in [2.45, 2.75) is 39.2 Å². The molecule has 2 heteroatoms. The van der Waals surface area contributed by atoms with Gasteiger partial charge in [-0.25, -0.2) is 0 Å². The molecule has 0 fully saturated rings. The maximum atomic E-state index is 9.71. The minimum Gasteiger partial charge on any atom is -0.496 e. The second kappa shape index (κ2) is 4.92. The average molecular weight is 232 g/mol. The van der Waals surface area contributed by atoms with Gasteiger partial charge in [-0.15, -0.1) is 0 Å². The summed E-state index contributed by atoms with van der Waals surface area (Å²) in [5.41, 5.74) is 4.77. The molecule has 0 heterocycles. The maximum Gasteiger partial charge on any atom is 0.129 e. The van der Waals surface area contributed by atoms with Crippen LogP contribution in [-0.4, -0.2) is 18.3 Å². The van der Waals surface area contributed by atoms with E-state index in [4.69, 9.17) is 4.74 Å². The number of hydrogen-bond acceptors (Lipinski definition) is 2. The molecule has 1 aromatic carbocycles. The van der Waals surface area contributed by atoms with Crippen LogP contribution in [0.25, 0.3) is 5.57 Å². The minimum absolute atomic E-state index is 0.301. The quantitative estimate of drug-likeness (QED) is 0.848. The second-order valence-electron chi connectivity index (χ2n) is 4.74. The third-order valence-electron chi connectivity index (χ3n) is 3.57. The molecule has 2 nitrogen and oxygen atoms in total. The molecule has 1 N–H and O–H groups in total. The van der Waals surface area contributed by atoms with Crippen LogP contribution in [0, 0.1) is 13.8 Å². The fourth-order valence-corrected chi connectivity index (χ4v) is 2.43. The second-order valence-corrected chi connectivity index (χ2v) is 4.74. The first-order valence-corrected chi connectivity index (χ1v) is 6.17. The minimum atomic E-state index is -0.301. The summed E-state index contributed by atoms with van der Waals surface area (Å²) >= 11 is 0. The molecule has 1 aromatic rings.